The fourth-order valence-corrected chi connectivity index (χ4v) is 2.52. The van der Waals surface area contributed by atoms with E-state index >= 15 is 0 Å². The lowest BCUT2D eigenvalue weighted by atomic mass is 10.0. The van der Waals surface area contributed by atoms with Crippen molar-refractivity contribution in [3.63, 3.8) is 0 Å². The number of aryl methyl sites for hydroxylation is 2. The van der Waals surface area contributed by atoms with Crippen LogP contribution in [0.1, 0.15) is 24.1 Å². The van der Waals surface area contributed by atoms with E-state index in [2.05, 4.69) is 59.8 Å². The van der Waals surface area contributed by atoms with Gasteiger partial charge in [0.05, 0.1) is 6.20 Å². The van der Waals surface area contributed by atoms with Gasteiger partial charge in [-0.15, -0.1) is 0 Å². The van der Waals surface area contributed by atoms with Gasteiger partial charge in [0.2, 0.25) is 0 Å². The summed E-state index contributed by atoms with van der Waals surface area (Å²) in [6, 6.07) is 18.9. The van der Waals surface area contributed by atoms with Crippen LogP contribution in [0.15, 0.2) is 67.0 Å². The molecule has 2 N–H and O–H groups in total. The molecule has 3 rings (SSSR count). The van der Waals surface area contributed by atoms with Gasteiger partial charge in [-0.05, 0) is 36.1 Å². The first-order valence-electron chi connectivity index (χ1n) is 7.64. The number of aromatic nitrogens is 2. The Morgan fingerprint density at radius 3 is 2.64 bits per heavy atom. The topological polar surface area (TPSA) is 43.8 Å². The molecule has 0 radical (unpaired) electrons. The molecule has 1 aromatic heterocycles. The maximum atomic E-state index is 5.96. The molecule has 0 aliphatic carbocycles. The lowest BCUT2D eigenvalue weighted by molar-refractivity contribution is 0.615. The summed E-state index contributed by atoms with van der Waals surface area (Å²) in [4.78, 5) is 0. The lowest BCUT2D eigenvalue weighted by Gasteiger charge is -2.07. The highest BCUT2D eigenvalue weighted by Crippen LogP contribution is 2.22. The minimum absolute atomic E-state index is 0.0491. The second-order valence-electron chi connectivity index (χ2n) is 5.64. The number of hydrogen-bond donors (Lipinski definition) is 1. The summed E-state index contributed by atoms with van der Waals surface area (Å²) in [5.74, 6) is 0. The van der Waals surface area contributed by atoms with Gasteiger partial charge >= 0.3 is 0 Å². The van der Waals surface area contributed by atoms with Gasteiger partial charge in [-0.1, -0.05) is 48.5 Å². The molecule has 3 heteroatoms. The third-order valence-electron chi connectivity index (χ3n) is 3.85. The molecule has 0 amide bonds. The Labute approximate surface area is 131 Å². The Kier molecular flexibility index (Phi) is 4.35. The average molecular weight is 291 g/mol. The molecule has 1 heterocycles. The smallest absolute Gasteiger partial charge is 0.0568 e. The molecular formula is C19H21N3. The lowest BCUT2D eigenvalue weighted by Crippen LogP contribution is -2.04. The summed E-state index contributed by atoms with van der Waals surface area (Å²) in [6.45, 7) is 2.89. The second-order valence-corrected chi connectivity index (χ2v) is 5.64. The van der Waals surface area contributed by atoms with Crippen molar-refractivity contribution in [2.45, 2.75) is 25.9 Å². The van der Waals surface area contributed by atoms with Gasteiger partial charge in [0.15, 0.2) is 0 Å². The van der Waals surface area contributed by atoms with Crippen molar-refractivity contribution in [1.29, 1.82) is 0 Å². The highest BCUT2D eigenvalue weighted by Gasteiger charge is 2.05. The highest BCUT2D eigenvalue weighted by atomic mass is 15.3. The van der Waals surface area contributed by atoms with E-state index in [4.69, 9.17) is 5.73 Å². The van der Waals surface area contributed by atoms with E-state index < -0.39 is 0 Å². The molecule has 0 fully saturated rings. The number of hydrogen-bond acceptors (Lipinski definition) is 2. The summed E-state index contributed by atoms with van der Waals surface area (Å²) in [5.41, 5.74) is 10.7. The van der Waals surface area contributed by atoms with Gasteiger partial charge in [-0.2, -0.15) is 5.10 Å². The van der Waals surface area contributed by atoms with Crippen molar-refractivity contribution < 1.29 is 0 Å². The molecule has 0 aliphatic rings. The molecule has 0 spiro atoms. The Balaban J connectivity index is 1.72. The average Bonchev–Trinajstić information content (AvgIpc) is 3.03. The van der Waals surface area contributed by atoms with Gasteiger partial charge in [0, 0.05) is 24.3 Å². The minimum Gasteiger partial charge on any atom is -0.324 e. The molecule has 0 bridgehead atoms. The van der Waals surface area contributed by atoms with Crippen molar-refractivity contribution in [2.75, 3.05) is 0 Å². The van der Waals surface area contributed by atoms with Crippen LogP contribution in [0, 0.1) is 0 Å². The quantitative estimate of drug-likeness (QED) is 0.776. The van der Waals surface area contributed by atoms with Crippen LogP contribution in [-0.4, -0.2) is 9.78 Å². The molecule has 0 unspecified atom stereocenters. The van der Waals surface area contributed by atoms with Crippen molar-refractivity contribution in [1.82, 2.24) is 9.78 Å². The second kappa shape index (κ2) is 6.58. The van der Waals surface area contributed by atoms with E-state index in [1.165, 1.54) is 11.1 Å². The zero-order valence-electron chi connectivity index (χ0n) is 12.8. The van der Waals surface area contributed by atoms with Crippen molar-refractivity contribution in [2.24, 2.45) is 5.73 Å². The highest BCUT2D eigenvalue weighted by molar-refractivity contribution is 5.62. The van der Waals surface area contributed by atoms with Crippen LogP contribution in [0.4, 0.5) is 0 Å². The zero-order valence-corrected chi connectivity index (χ0v) is 12.8. The molecule has 0 saturated heterocycles. The largest absolute Gasteiger partial charge is 0.324 e. The fraction of sp³-hybridized carbons (Fsp3) is 0.211. The van der Waals surface area contributed by atoms with Gasteiger partial charge in [-0.25, -0.2) is 0 Å². The summed E-state index contributed by atoms with van der Waals surface area (Å²) >= 11 is 0. The number of benzene rings is 2. The van der Waals surface area contributed by atoms with E-state index in [0.717, 1.165) is 24.1 Å². The summed E-state index contributed by atoms with van der Waals surface area (Å²) in [5, 5.41) is 4.47. The Bertz CT molecular complexity index is 729. The van der Waals surface area contributed by atoms with E-state index in [0.29, 0.717) is 0 Å². The predicted octanol–water partition coefficient (Wildman–Crippen LogP) is 3.81. The van der Waals surface area contributed by atoms with Crippen LogP contribution in [0.2, 0.25) is 0 Å². The Morgan fingerprint density at radius 2 is 1.86 bits per heavy atom. The van der Waals surface area contributed by atoms with Crippen LogP contribution in [0.25, 0.3) is 11.1 Å². The van der Waals surface area contributed by atoms with Gasteiger partial charge in [0.25, 0.3) is 0 Å². The molecule has 0 aliphatic heterocycles. The SMILES string of the molecule is C[C@@H](N)c1cccc(-c2cnn(CCc3ccccc3)c2)c1. The van der Waals surface area contributed by atoms with Crippen LogP contribution in [0.5, 0.6) is 0 Å². The summed E-state index contributed by atoms with van der Waals surface area (Å²) in [7, 11) is 0. The van der Waals surface area contributed by atoms with Crippen LogP contribution < -0.4 is 5.73 Å². The first kappa shape index (κ1) is 14.5. The molecule has 2 aromatic carbocycles. The molecule has 3 aromatic rings. The minimum atomic E-state index is 0.0491. The first-order valence-corrected chi connectivity index (χ1v) is 7.64. The number of nitrogens with two attached hydrogens (primary N) is 1. The Morgan fingerprint density at radius 1 is 1.05 bits per heavy atom. The maximum Gasteiger partial charge on any atom is 0.0568 e. The van der Waals surface area contributed by atoms with E-state index in [1.807, 2.05) is 23.9 Å². The van der Waals surface area contributed by atoms with Crippen molar-refractivity contribution in [3.05, 3.63) is 78.1 Å². The molecule has 1 atom stereocenters. The van der Waals surface area contributed by atoms with E-state index in [-0.39, 0.29) is 6.04 Å². The monoisotopic (exact) mass is 291 g/mol. The van der Waals surface area contributed by atoms with Crippen molar-refractivity contribution in [3.8, 4) is 11.1 Å². The molecule has 3 nitrogen and oxygen atoms in total. The normalized spacial score (nSPS) is 12.3. The molecule has 22 heavy (non-hydrogen) atoms. The van der Waals surface area contributed by atoms with Gasteiger partial charge in [0.1, 0.15) is 0 Å². The maximum absolute atomic E-state index is 5.96. The van der Waals surface area contributed by atoms with Crippen molar-refractivity contribution >= 4 is 0 Å². The van der Waals surface area contributed by atoms with Crippen LogP contribution in [-0.2, 0) is 13.0 Å². The zero-order chi connectivity index (χ0) is 15.4. The first-order chi connectivity index (χ1) is 10.7. The fourth-order valence-electron chi connectivity index (χ4n) is 2.52. The predicted molar refractivity (Wildman–Crippen MR) is 90.4 cm³/mol. The number of rotatable bonds is 5. The van der Waals surface area contributed by atoms with Gasteiger partial charge in [-0.3, -0.25) is 4.68 Å². The summed E-state index contributed by atoms with van der Waals surface area (Å²) in [6.07, 6.45) is 5.01. The van der Waals surface area contributed by atoms with Crippen LogP contribution >= 0.6 is 0 Å². The summed E-state index contributed by atoms with van der Waals surface area (Å²) < 4.78 is 2.00. The van der Waals surface area contributed by atoms with E-state index in [1.54, 1.807) is 0 Å². The van der Waals surface area contributed by atoms with Gasteiger partial charge < -0.3 is 5.73 Å². The van der Waals surface area contributed by atoms with E-state index in [9.17, 15) is 0 Å². The molecule has 0 saturated carbocycles. The third-order valence-corrected chi connectivity index (χ3v) is 3.85. The Hall–Kier alpha value is -2.39. The standard InChI is InChI=1S/C19H21N3/c1-15(20)17-8-5-9-18(12-17)19-13-21-22(14-19)11-10-16-6-3-2-4-7-16/h2-9,12-15H,10-11,20H2,1H3/t15-/m1/s1. The number of nitrogens with zero attached hydrogens (tertiary/aromatic N) is 2. The molecular weight excluding hydrogens is 270 g/mol. The third kappa shape index (κ3) is 3.43. The van der Waals surface area contributed by atoms with Crippen LogP contribution in [0.3, 0.4) is 0 Å². The molecule has 112 valence electrons.